The van der Waals surface area contributed by atoms with E-state index >= 15 is 0 Å². The molecule has 96 valence electrons. The lowest BCUT2D eigenvalue weighted by Crippen LogP contribution is -2.37. The van der Waals surface area contributed by atoms with Gasteiger partial charge in [-0.05, 0) is 44.0 Å². The number of aromatic amines is 1. The Morgan fingerprint density at radius 2 is 2.28 bits per heavy atom. The molecule has 2 aromatic rings. The van der Waals surface area contributed by atoms with Gasteiger partial charge in [0.15, 0.2) is 0 Å². The maximum atomic E-state index is 4.63. The Hall–Kier alpha value is -1.55. The summed E-state index contributed by atoms with van der Waals surface area (Å²) < 4.78 is 0. The van der Waals surface area contributed by atoms with Crippen LogP contribution >= 0.6 is 0 Å². The lowest BCUT2D eigenvalue weighted by molar-refractivity contribution is 0.380. The van der Waals surface area contributed by atoms with Gasteiger partial charge in [0.25, 0.3) is 0 Å². The van der Waals surface area contributed by atoms with Gasteiger partial charge in [0.2, 0.25) is 5.95 Å². The van der Waals surface area contributed by atoms with Crippen molar-refractivity contribution in [2.75, 3.05) is 31.6 Å². The van der Waals surface area contributed by atoms with E-state index in [0.717, 1.165) is 36.0 Å². The number of hydrogen-bond donors (Lipinski definition) is 2. The van der Waals surface area contributed by atoms with Crippen LogP contribution in [0.5, 0.6) is 0 Å². The first-order valence-corrected chi connectivity index (χ1v) is 6.69. The monoisotopic (exact) mass is 244 g/mol. The first-order chi connectivity index (χ1) is 8.83. The van der Waals surface area contributed by atoms with Gasteiger partial charge in [0, 0.05) is 13.6 Å². The molecule has 4 heteroatoms. The molecule has 0 radical (unpaired) electrons. The predicted molar refractivity (Wildman–Crippen MR) is 75.0 cm³/mol. The van der Waals surface area contributed by atoms with E-state index in [1.165, 1.54) is 19.4 Å². The third kappa shape index (κ3) is 2.34. The fourth-order valence-corrected chi connectivity index (χ4v) is 2.67. The number of hydrogen-bond acceptors (Lipinski definition) is 3. The fraction of sp³-hybridized carbons (Fsp3) is 0.500. The Morgan fingerprint density at radius 1 is 1.39 bits per heavy atom. The van der Waals surface area contributed by atoms with Crippen LogP contribution in [-0.2, 0) is 0 Å². The lowest BCUT2D eigenvalue weighted by Gasteiger charge is -2.27. The minimum atomic E-state index is 0.733. The summed E-state index contributed by atoms with van der Waals surface area (Å²) in [6.07, 6.45) is 2.61. The molecule has 1 aromatic heterocycles. The van der Waals surface area contributed by atoms with E-state index in [1.807, 2.05) is 18.2 Å². The minimum Gasteiger partial charge on any atom is -0.345 e. The average molecular weight is 244 g/mol. The number of fused-ring (bicyclic) bond motifs is 1. The number of imidazole rings is 1. The van der Waals surface area contributed by atoms with Crippen LogP contribution in [0.3, 0.4) is 0 Å². The second-order valence-corrected chi connectivity index (χ2v) is 5.17. The molecule has 0 bridgehead atoms. The van der Waals surface area contributed by atoms with Gasteiger partial charge in [-0.1, -0.05) is 12.1 Å². The summed E-state index contributed by atoms with van der Waals surface area (Å²) in [4.78, 5) is 10.2. The molecular weight excluding hydrogens is 224 g/mol. The van der Waals surface area contributed by atoms with Gasteiger partial charge in [0.05, 0.1) is 11.0 Å². The number of nitrogens with zero attached hydrogens (tertiary/aromatic N) is 2. The maximum absolute atomic E-state index is 4.63. The van der Waals surface area contributed by atoms with Crippen LogP contribution < -0.4 is 10.2 Å². The summed E-state index contributed by atoms with van der Waals surface area (Å²) in [5.74, 6) is 1.71. The van der Waals surface area contributed by atoms with E-state index in [0.29, 0.717) is 0 Å². The van der Waals surface area contributed by atoms with Crippen molar-refractivity contribution in [2.45, 2.75) is 12.8 Å². The second kappa shape index (κ2) is 4.98. The molecule has 0 saturated carbocycles. The number of benzene rings is 1. The SMILES string of the molecule is CN(C[C@@H]1CCCNC1)c1nc2ccccc2[nH]1. The van der Waals surface area contributed by atoms with Crippen LogP contribution in [0, 0.1) is 5.92 Å². The smallest absolute Gasteiger partial charge is 0.203 e. The second-order valence-electron chi connectivity index (χ2n) is 5.17. The number of para-hydroxylation sites is 2. The summed E-state index contributed by atoms with van der Waals surface area (Å²) in [6, 6.07) is 8.18. The molecule has 0 unspecified atom stereocenters. The molecule has 1 aliphatic rings. The zero-order valence-corrected chi connectivity index (χ0v) is 10.8. The minimum absolute atomic E-state index is 0.733. The maximum Gasteiger partial charge on any atom is 0.203 e. The Bertz CT molecular complexity index is 480. The van der Waals surface area contributed by atoms with Crippen molar-refractivity contribution in [3.8, 4) is 0 Å². The van der Waals surface area contributed by atoms with Crippen LogP contribution in [0.4, 0.5) is 5.95 Å². The first kappa shape index (κ1) is 11.5. The summed E-state index contributed by atoms with van der Waals surface area (Å²) in [6.45, 7) is 3.36. The number of nitrogens with one attached hydrogen (secondary N) is 2. The van der Waals surface area contributed by atoms with Gasteiger partial charge in [0.1, 0.15) is 0 Å². The molecule has 4 nitrogen and oxygen atoms in total. The molecule has 1 fully saturated rings. The molecule has 3 rings (SSSR count). The number of rotatable bonds is 3. The summed E-state index contributed by atoms with van der Waals surface area (Å²) in [7, 11) is 2.12. The molecule has 2 heterocycles. The topological polar surface area (TPSA) is 44.0 Å². The molecule has 0 aliphatic carbocycles. The van der Waals surface area contributed by atoms with Crippen molar-refractivity contribution >= 4 is 17.0 Å². The molecule has 2 N–H and O–H groups in total. The van der Waals surface area contributed by atoms with Gasteiger partial charge in [-0.25, -0.2) is 4.98 Å². The molecule has 1 atom stereocenters. The van der Waals surface area contributed by atoms with Crippen molar-refractivity contribution in [3.63, 3.8) is 0 Å². The van der Waals surface area contributed by atoms with E-state index in [4.69, 9.17) is 0 Å². The summed E-state index contributed by atoms with van der Waals surface area (Å²) in [5.41, 5.74) is 2.15. The van der Waals surface area contributed by atoms with Crippen LogP contribution in [0.1, 0.15) is 12.8 Å². The van der Waals surface area contributed by atoms with Crippen LogP contribution in [-0.4, -0.2) is 36.6 Å². The van der Waals surface area contributed by atoms with Gasteiger partial charge in [-0.3, -0.25) is 0 Å². The first-order valence-electron chi connectivity index (χ1n) is 6.69. The van der Waals surface area contributed by atoms with E-state index < -0.39 is 0 Å². The Balaban J connectivity index is 1.72. The van der Waals surface area contributed by atoms with E-state index in [2.05, 4.69) is 33.3 Å². The average Bonchev–Trinajstić information content (AvgIpc) is 2.84. The molecule has 0 spiro atoms. The summed E-state index contributed by atoms with van der Waals surface area (Å²) >= 11 is 0. The third-order valence-corrected chi connectivity index (χ3v) is 3.67. The highest BCUT2D eigenvalue weighted by Crippen LogP contribution is 2.18. The van der Waals surface area contributed by atoms with Crippen LogP contribution in [0.15, 0.2) is 24.3 Å². The Labute approximate surface area is 107 Å². The van der Waals surface area contributed by atoms with Gasteiger partial charge < -0.3 is 15.2 Å². The molecular formula is C14H20N4. The highest BCUT2D eigenvalue weighted by Gasteiger charge is 2.16. The van der Waals surface area contributed by atoms with Crippen molar-refractivity contribution in [2.24, 2.45) is 5.92 Å². The molecule has 1 saturated heterocycles. The van der Waals surface area contributed by atoms with Gasteiger partial charge in [-0.15, -0.1) is 0 Å². The molecule has 18 heavy (non-hydrogen) atoms. The lowest BCUT2D eigenvalue weighted by atomic mass is 9.99. The molecule has 0 amide bonds. The number of piperidine rings is 1. The third-order valence-electron chi connectivity index (χ3n) is 3.67. The van der Waals surface area contributed by atoms with Crippen molar-refractivity contribution < 1.29 is 0 Å². The van der Waals surface area contributed by atoms with Crippen LogP contribution in [0.2, 0.25) is 0 Å². The zero-order valence-electron chi connectivity index (χ0n) is 10.8. The number of anilines is 1. The zero-order chi connectivity index (χ0) is 12.4. The quantitative estimate of drug-likeness (QED) is 0.868. The highest BCUT2D eigenvalue weighted by atomic mass is 15.2. The predicted octanol–water partition coefficient (Wildman–Crippen LogP) is 2.00. The highest BCUT2D eigenvalue weighted by molar-refractivity contribution is 5.77. The van der Waals surface area contributed by atoms with E-state index in [-0.39, 0.29) is 0 Å². The van der Waals surface area contributed by atoms with Crippen molar-refractivity contribution in [3.05, 3.63) is 24.3 Å². The molecule has 1 aliphatic heterocycles. The van der Waals surface area contributed by atoms with Crippen molar-refractivity contribution in [1.29, 1.82) is 0 Å². The van der Waals surface area contributed by atoms with Crippen molar-refractivity contribution in [1.82, 2.24) is 15.3 Å². The van der Waals surface area contributed by atoms with E-state index in [9.17, 15) is 0 Å². The number of aromatic nitrogens is 2. The van der Waals surface area contributed by atoms with E-state index in [1.54, 1.807) is 0 Å². The normalized spacial score (nSPS) is 20.2. The molecule has 1 aromatic carbocycles. The standard InChI is InChI=1S/C14H20N4/c1-18(10-11-5-4-8-15-9-11)14-16-12-6-2-3-7-13(12)17-14/h2-3,6-7,11,15H,4-5,8-10H2,1H3,(H,16,17)/t11-/m1/s1. The fourth-order valence-electron chi connectivity index (χ4n) is 2.67. The van der Waals surface area contributed by atoms with Gasteiger partial charge in [-0.2, -0.15) is 0 Å². The van der Waals surface area contributed by atoms with Crippen LogP contribution in [0.25, 0.3) is 11.0 Å². The summed E-state index contributed by atoms with van der Waals surface area (Å²) in [5, 5.41) is 3.46. The number of H-pyrrole nitrogens is 1. The largest absolute Gasteiger partial charge is 0.345 e. The Morgan fingerprint density at radius 3 is 3.06 bits per heavy atom. The van der Waals surface area contributed by atoms with Gasteiger partial charge >= 0.3 is 0 Å². The Kier molecular flexibility index (Phi) is 3.19.